The number of benzene rings is 2. The zero-order chi connectivity index (χ0) is 24.6. The second-order valence-corrected chi connectivity index (χ2v) is 8.46. The number of piperidine rings is 1. The van der Waals surface area contributed by atoms with Gasteiger partial charge in [0, 0.05) is 18.7 Å². The summed E-state index contributed by atoms with van der Waals surface area (Å²) in [6, 6.07) is 11.7. The van der Waals surface area contributed by atoms with Crippen LogP contribution < -0.4 is 14.8 Å². The number of hydrogen-bond donors (Lipinski definition) is 1. The van der Waals surface area contributed by atoms with E-state index in [-0.39, 0.29) is 17.6 Å². The molecule has 4 rings (SSSR count). The topological polar surface area (TPSA) is 89.7 Å². The van der Waals surface area contributed by atoms with Crippen molar-refractivity contribution in [1.82, 2.24) is 20.4 Å². The maximum atomic E-state index is 13.1. The van der Waals surface area contributed by atoms with Gasteiger partial charge in [-0.3, -0.25) is 9.69 Å². The van der Waals surface area contributed by atoms with E-state index in [1.54, 1.807) is 12.1 Å². The Bertz CT molecular complexity index is 1120. The van der Waals surface area contributed by atoms with Gasteiger partial charge in [-0.25, -0.2) is 4.39 Å². The molecule has 1 fully saturated rings. The summed E-state index contributed by atoms with van der Waals surface area (Å²) in [5.74, 6) is 1.89. The van der Waals surface area contributed by atoms with Gasteiger partial charge in [-0.15, -0.1) is 0 Å². The molecule has 1 amide bonds. The van der Waals surface area contributed by atoms with Gasteiger partial charge < -0.3 is 19.3 Å². The smallest absolute Gasteiger partial charge is 0.241 e. The third-order valence-electron chi connectivity index (χ3n) is 5.88. The number of rotatable bonds is 10. The maximum Gasteiger partial charge on any atom is 0.241 e. The van der Waals surface area contributed by atoms with E-state index in [1.165, 1.54) is 12.1 Å². The van der Waals surface area contributed by atoms with Gasteiger partial charge in [0.1, 0.15) is 5.82 Å². The molecule has 0 saturated carbocycles. The molecule has 0 bridgehead atoms. The Morgan fingerprint density at radius 3 is 2.69 bits per heavy atom. The molecule has 0 aliphatic carbocycles. The lowest BCUT2D eigenvalue weighted by atomic mass is 9.97. The Morgan fingerprint density at radius 2 is 1.91 bits per heavy atom. The zero-order valence-electron chi connectivity index (χ0n) is 20.1. The maximum absolute atomic E-state index is 13.1. The monoisotopic (exact) mass is 482 g/mol. The van der Waals surface area contributed by atoms with Gasteiger partial charge in [0.2, 0.25) is 17.6 Å². The van der Waals surface area contributed by atoms with Crippen LogP contribution >= 0.6 is 0 Å². The molecule has 1 unspecified atom stereocenters. The third kappa shape index (κ3) is 6.57. The first-order valence-electron chi connectivity index (χ1n) is 12.0. The van der Waals surface area contributed by atoms with Crippen molar-refractivity contribution >= 4 is 5.91 Å². The highest BCUT2D eigenvalue weighted by Crippen LogP contribution is 2.28. The minimum Gasteiger partial charge on any atom is -0.490 e. The number of ether oxygens (including phenoxy) is 2. The standard InChI is InChI=1S/C26H31FN4O4/c1-3-33-22-12-7-18(14-23(22)34-4-2)15-28-26(32)20-6-5-13-31(16-20)17-24-29-25(30-35-24)19-8-10-21(27)11-9-19/h7-12,14,20H,3-6,13,15-17H2,1-2H3,(H,28,32). The molecule has 186 valence electrons. The quantitative estimate of drug-likeness (QED) is 0.463. The molecule has 1 saturated heterocycles. The first kappa shape index (κ1) is 24.7. The lowest BCUT2D eigenvalue weighted by Crippen LogP contribution is -2.42. The summed E-state index contributed by atoms with van der Waals surface area (Å²) in [6.07, 6.45) is 1.75. The van der Waals surface area contributed by atoms with E-state index < -0.39 is 0 Å². The summed E-state index contributed by atoms with van der Waals surface area (Å²) in [7, 11) is 0. The van der Waals surface area contributed by atoms with Gasteiger partial charge in [-0.05, 0) is 75.2 Å². The number of likely N-dealkylation sites (tertiary alicyclic amines) is 1. The minimum atomic E-state index is -0.313. The average molecular weight is 483 g/mol. The fraction of sp³-hybridized carbons (Fsp3) is 0.423. The Kier molecular flexibility index (Phi) is 8.31. The van der Waals surface area contributed by atoms with E-state index in [2.05, 4.69) is 20.4 Å². The Morgan fingerprint density at radius 1 is 1.14 bits per heavy atom. The van der Waals surface area contributed by atoms with Crippen molar-refractivity contribution in [3.8, 4) is 22.9 Å². The van der Waals surface area contributed by atoms with E-state index in [4.69, 9.17) is 14.0 Å². The molecule has 35 heavy (non-hydrogen) atoms. The molecule has 9 heteroatoms. The fourth-order valence-electron chi connectivity index (χ4n) is 4.18. The van der Waals surface area contributed by atoms with Gasteiger partial charge >= 0.3 is 0 Å². The molecule has 1 N–H and O–H groups in total. The Labute approximate surface area is 204 Å². The largest absolute Gasteiger partial charge is 0.490 e. The number of carbonyl (C=O) groups is 1. The number of aromatic nitrogens is 2. The van der Waals surface area contributed by atoms with Crippen LogP contribution in [0.25, 0.3) is 11.4 Å². The minimum absolute atomic E-state index is 0.0269. The lowest BCUT2D eigenvalue weighted by molar-refractivity contribution is -0.127. The molecular formula is C26H31FN4O4. The van der Waals surface area contributed by atoms with Crippen LogP contribution in [0.3, 0.4) is 0 Å². The van der Waals surface area contributed by atoms with Gasteiger partial charge in [0.15, 0.2) is 11.5 Å². The van der Waals surface area contributed by atoms with E-state index in [1.807, 2.05) is 32.0 Å². The molecular weight excluding hydrogens is 451 g/mol. The van der Waals surface area contributed by atoms with Crippen LogP contribution in [0.4, 0.5) is 4.39 Å². The number of halogens is 1. The highest BCUT2D eigenvalue weighted by Gasteiger charge is 2.27. The van der Waals surface area contributed by atoms with E-state index in [0.29, 0.717) is 61.6 Å². The van der Waals surface area contributed by atoms with Crippen LogP contribution in [0.1, 0.15) is 38.1 Å². The molecule has 2 aromatic carbocycles. The number of hydrogen-bond acceptors (Lipinski definition) is 7. The van der Waals surface area contributed by atoms with E-state index in [9.17, 15) is 9.18 Å². The number of nitrogens with zero attached hydrogens (tertiary/aromatic N) is 3. The number of nitrogens with one attached hydrogen (secondary N) is 1. The lowest BCUT2D eigenvalue weighted by Gasteiger charge is -2.30. The van der Waals surface area contributed by atoms with Crippen molar-refractivity contribution in [2.75, 3.05) is 26.3 Å². The predicted molar refractivity (Wildman–Crippen MR) is 128 cm³/mol. The summed E-state index contributed by atoms with van der Waals surface area (Å²) in [6.45, 7) is 7.32. The van der Waals surface area contributed by atoms with Gasteiger partial charge in [0.05, 0.1) is 25.7 Å². The highest BCUT2D eigenvalue weighted by molar-refractivity contribution is 5.79. The highest BCUT2D eigenvalue weighted by atomic mass is 19.1. The normalized spacial score (nSPS) is 16.1. The van der Waals surface area contributed by atoms with Crippen LogP contribution in [0.15, 0.2) is 47.0 Å². The first-order valence-corrected chi connectivity index (χ1v) is 12.0. The van der Waals surface area contributed by atoms with Gasteiger partial charge in [-0.2, -0.15) is 4.98 Å². The third-order valence-corrected chi connectivity index (χ3v) is 5.88. The van der Waals surface area contributed by atoms with Gasteiger partial charge in [-0.1, -0.05) is 11.2 Å². The summed E-state index contributed by atoms with van der Waals surface area (Å²) in [4.78, 5) is 19.5. The van der Waals surface area contributed by atoms with E-state index >= 15 is 0 Å². The molecule has 1 aliphatic heterocycles. The summed E-state index contributed by atoms with van der Waals surface area (Å²) >= 11 is 0. The van der Waals surface area contributed by atoms with Gasteiger partial charge in [0.25, 0.3) is 0 Å². The van der Waals surface area contributed by atoms with Crippen molar-refractivity contribution in [3.05, 3.63) is 59.7 Å². The molecule has 1 aromatic heterocycles. The second-order valence-electron chi connectivity index (χ2n) is 8.46. The second kappa shape index (κ2) is 11.8. The van der Waals surface area contributed by atoms with Crippen molar-refractivity contribution in [1.29, 1.82) is 0 Å². The van der Waals surface area contributed by atoms with Crippen molar-refractivity contribution in [3.63, 3.8) is 0 Å². The Balaban J connectivity index is 1.31. The fourth-order valence-corrected chi connectivity index (χ4v) is 4.18. The van der Waals surface area contributed by atoms with Crippen LogP contribution in [-0.2, 0) is 17.9 Å². The van der Waals surface area contributed by atoms with Crippen LogP contribution in [0.2, 0.25) is 0 Å². The molecule has 2 heterocycles. The Hall–Kier alpha value is -3.46. The molecule has 1 aliphatic rings. The predicted octanol–water partition coefficient (Wildman–Crippen LogP) is 4.20. The van der Waals surface area contributed by atoms with Crippen LogP contribution in [-0.4, -0.2) is 47.3 Å². The molecule has 1 atom stereocenters. The van der Waals surface area contributed by atoms with Crippen molar-refractivity contribution < 1.29 is 23.2 Å². The van der Waals surface area contributed by atoms with E-state index in [0.717, 1.165) is 24.9 Å². The number of amides is 1. The SMILES string of the molecule is CCOc1ccc(CNC(=O)C2CCCN(Cc3nc(-c4ccc(F)cc4)no3)C2)cc1OCC. The summed E-state index contributed by atoms with van der Waals surface area (Å²) < 4.78 is 29.8. The number of carbonyl (C=O) groups excluding carboxylic acids is 1. The summed E-state index contributed by atoms with van der Waals surface area (Å²) in [5, 5.41) is 7.06. The molecule has 0 spiro atoms. The van der Waals surface area contributed by atoms with Crippen LogP contribution in [0.5, 0.6) is 11.5 Å². The summed E-state index contributed by atoms with van der Waals surface area (Å²) in [5.41, 5.74) is 1.65. The molecule has 8 nitrogen and oxygen atoms in total. The van der Waals surface area contributed by atoms with Crippen LogP contribution in [0, 0.1) is 11.7 Å². The average Bonchev–Trinajstić information content (AvgIpc) is 3.33. The first-order chi connectivity index (χ1) is 17.1. The van der Waals surface area contributed by atoms with Crippen molar-refractivity contribution in [2.45, 2.75) is 39.8 Å². The van der Waals surface area contributed by atoms with Crippen molar-refractivity contribution in [2.24, 2.45) is 5.92 Å². The zero-order valence-corrected chi connectivity index (χ0v) is 20.1. The molecule has 0 radical (unpaired) electrons. The molecule has 3 aromatic rings.